The number of fused-ring (bicyclic) bond motifs is 2. The van der Waals surface area contributed by atoms with Crippen LogP contribution in [0.25, 0.3) is 22.1 Å². The normalized spacial score (nSPS) is 10.9. The van der Waals surface area contributed by atoms with Crippen LogP contribution in [-0.4, -0.2) is 122 Å². The minimum absolute atomic E-state index is 0. The lowest BCUT2D eigenvalue weighted by molar-refractivity contribution is -0.154. The molecule has 1 unspecified atom stereocenters. The Morgan fingerprint density at radius 1 is 0.506 bits per heavy atom. The van der Waals surface area contributed by atoms with E-state index in [2.05, 4.69) is 24.7 Å². The van der Waals surface area contributed by atoms with E-state index in [1.54, 1.807) is 67.1 Å². The van der Waals surface area contributed by atoms with E-state index >= 15 is 0 Å². The Morgan fingerprint density at radius 2 is 0.910 bits per heavy atom. The Hall–Kier alpha value is -8.15. The maximum absolute atomic E-state index is 12.5. The van der Waals surface area contributed by atoms with Crippen LogP contribution in [0.15, 0.2) is 122 Å². The number of nitrogens with one attached hydrogen (secondary N) is 2. The number of carbonyl (C=O) groups excluding carboxylic acids is 2. The number of aromatic hydroxyl groups is 1. The third-order valence-corrected chi connectivity index (χ3v) is 11.5. The van der Waals surface area contributed by atoms with Crippen LogP contribution in [-0.2, 0) is 11.2 Å². The van der Waals surface area contributed by atoms with Crippen LogP contribution in [0.4, 0.5) is 52.7 Å². The molecule has 4 heterocycles. The highest BCUT2D eigenvalue weighted by Gasteiger charge is 2.31. The molecule has 28 heteroatoms. The maximum Gasteiger partial charge on any atom is 0.422 e. The number of nitrogens with zero attached hydrogens (tertiary/aromatic N) is 2. The molecule has 0 amide bonds. The summed E-state index contributed by atoms with van der Waals surface area (Å²) in [5, 5.41) is 11.0. The zero-order valence-electron chi connectivity index (χ0n) is 44.2. The second-order valence-electron chi connectivity index (χ2n) is 16.6. The van der Waals surface area contributed by atoms with Crippen molar-refractivity contribution in [3.63, 3.8) is 0 Å². The molecule has 15 nitrogen and oxygen atoms in total. The fourth-order valence-electron chi connectivity index (χ4n) is 7.07. The van der Waals surface area contributed by atoms with E-state index in [1.165, 1.54) is 88.5 Å². The lowest BCUT2D eigenvalue weighted by Gasteiger charge is -2.18. The van der Waals surface area contributed by atoms with Crippen LogP contribution in [0.3, 0.4) is 0 Å². The summed E-state index contributed by atoms with van der Waals surface area (Å²) < 4.78 is 182. The molecule has 3 N–H and O–H groups in total. The molecule has 1 atom stereocenters. The summed E-state index contributed by atoms with van der Waals surface area (Å²) in [6.45, 7) is -4.18. The van der Waals surface area contributed by atoms with Gasteiger partial charge in [-0.1, -0.05) is 79.3 Å². The lowest BCUT2D eigenvalue weighted by Crippen LogP contribution is -2.19. The van der Waals surface area contributed by atoms with E-state index in [0.717, 1.165) is 33.1 Å². The highest BCUT2D eigenvalue weighted by atomic mass is 127. The van der Waals surface area contributed by atoms with Gasteiger partial charge in [-0.15, -0.1) is 0 Å². The molecule has 496 valence electrons. The van der Waals surface area contributed by atoms with Gasteiger partial charge in [0.1, 0.15) is 30.0 Å². The topological polar surface area (TPSA) is 186 Å². The van der Waals surface area contributed by atoms with Crippen LogP contribution in [0, 0.1) is 0 Å². The smallest absolute Gasteiger partial charge is 0.422 e. The number of methoxy groups -OCH3 is 5. The number of aldehydes is 2. The second kappa shape index (κ2) is 39.7. The van der Waals surface area contributed by atoms with Gasteiger partial charge in [-0.3, -0.25) is 9.59 Å². The largest absolute Gasteiger partial charge is 0.504 e. The summed E-state index contributed by atoms with van der Waals surface area (Å²) >= 11 is 1.27. The average Bonchev–Trinajstić information content (AvgIpc) is 3.69. The molecule has 0 saturated carbocycles. The maximum atomic E-state index is 12.5. The molecule has 4 aromatic carbocycles. The zero-order chi connectivity index (χ0) is 61.5. The number of carbonyl (C=O) groups is 2. The first kappa shape index (κ1) is 85.1. The Balaban J connectivity index is -0.00000109. The van der Waals surface area contributed by atoms with E-state index in [9.17, 15) is 62.3 Å². The summed E-state index contributed by atoms with van der Waals surface area (Å²) in [6, 6.07) is 25.7. The standard InChI is InChI=1S/C18H17F3N2O3.C17H15F3N2O2.C10H9F3O3.C8H8O3.C2H2F3I.6CH4/c1-24-14-6-5-11(8-15(14)26-10-18(19,20)21)16(25-2)13-9-23-17-12(13)4-3-7-22-17;1-23-14-5-4-11(8-15(14)24-10-17(18,19)20)7-12-9-22-16-13(12)3-2-6-21-16;1-15-8-3-2-7(5-14)4-9(8)16-6-10(11,12)13;1-11-8-3-2-6(5-9)4-7(8)10;3-2(4,5)1-6;;;;;;/h3-9,16H,10H2,1-2H3,(H,22,23);2-6,8-9H,7,10H2,1H3,(H,21,22);2-5H,6H2,1H3;2-5,10H,1H3;1H2;6*1H4. The Labute approximate surface area is 523 Å². The number of phenols is 1. The van der Waals surface area contributed by atoms with Crippen molar-refractivity contribution in [3.05, 3.63) is 155 Å². The van der Waals surface area contributed by atoms with E-state index < -0.39 is 55.1 Å². The monoisotopic (exact) mass is 1390 g/mol. The molecule has 0 aliphatic rings. The van der Waals surface area contributed by atoms with E-state index in [-0.39, 0.29) is 90.4 Å². The van der Waals surface area contributed by atoms with Gasteiger partial charge in [-0.25, -0.2) is 9.97 Å². The molecule has 8 aromatic rings. The number of aromatic amines is 2. The molecule has 0 bridgehead atoms. The zero-order valence-corrected chi connectivity index (χ0v) is 46.3. The quantitative estimate of drug-likeness (QED) is 0.0339. The molecular weight excluding hydrogens is 1320 g/mol. The Morgan fingerprint density at radius 3 is 1.35 bits per heavy atom. The predicted octanol–water partition coefficient (Wildman–Crippen LogP) is 17.8. The molecule has 8 rings (SSSR count). The summed E-state index contributed by atoms with van der Waals surface area (Å²) in [5.41, 5.74) is 5.41. The number of pyridine rings is 2. The molecule has 0 spiro atoms. The van der Waals surface area contributed by atoms with Crippen LogP contribution < -0.4 is 33.2 Å². The molecule has 0 aliphatic carbocycles. The summed E-state index contributed by atoms with van der Waals surface area (Å²) in [7, 11) is 7.04. The number of rotatable bonds is 17. The van der Waals surface area contributed by atoms with E-state index in [0.29, 0.717) is 41.5 Å². The van der Waals surface area contributed by atoms with Gasteiger partial charge in [0, 0.05) is 59.4 Å². The molecule has 0 saturated heterocycles. The van der Waals surface area contributed by atoms with Crippen molar-refractivity contribution in [1.29, 1.82) is 0 Å². The molecule has 0 radical (unpaired) electrons. The van der Waals surface area contributed by atoms with Crippen LogP contribution in [0.1, 0.15) is 93.6 Å². The highest BCUT2D eigenvalue weighted by molar-refractivity contribution is 14.1. The molecule has 89 heavy (non-hydrogen) atoms. The van der Waals surface area contributed by atoms with Gasteiger partial charge in [-0.05, 0) is 108 Å². The summed E-state index contributed by atoms with van der Waals surface area (Å²) in [5.74, 6) is 0.955. The number of benzene rings is 4. The SMILES string of the molecule is C.C.C.C.C.C.COc1ccc(C(OC)c2c[nH]c3ncccc23)cc1OCC(F)(F)F.COc1ccc(C=O)cc1O.COc1ccc(C=O)cc1OCC(F)(F)F.COc1ccc(Cc2c[nH]c3ncccc23)cc1OCC(F)(F)F.FC(F)(F)CI. The van der Waals surface area contributed by atoms with Gasteiger partial charge < -0.3 is 53.0 Å². The number of ether oxygens (including phenoxy) is 8. The number of halogens is 13. The van der Waals surface area contributed by atoms with Gasteiger partial charge in [0.2, 0.25) is 0 Å². The minimum Gasteiger partial charge on any atom is -0.504 e. The van der Waals surface area contributed by atoms with Crippen molar-refractivity contribution in [1.82, 2.24) is 19.9 Å². The lowest BCUT2D eigenvalue weighted by atomic mass is 10.0. The van der Waals surface area contributed by atoms with Gasteiger partial charge in [0.05, 0.1) is 32.9 Å². The van der Waals surface area contributed by atoms with Gasteiger partial charge >= 0.3 is 24.7 Å². The fourth-order valence-corrected chi connectivity index (χ4v) is 7.07. The third-order valence-electron chi connectivity index (χ3n) is 10.6. The first-order valence-electron chi connectivity index (χ1n) is 23.6. The predicted molar refractivity (Wildman–Crippen MR) is 328 cm³/mol. The summed E-state index contributed by atoms with van der Waals surface area (Å²) in [6.07, 6.45) is -9.05. The number of H-pyrrole nitrogens is 2. The molecular formula is C61H75F12IN4O11. The number of hydrogen-bond donors (Lipinski definition) is 3. The Bertz CT molecular complexity index is 3320. The van der Waals surface area contributed by atoms with Crippen LogP contribution in [0.5, 0.6) is 46.0 Å². The first-order valence-corrected chi connectivity index (χ1v) is 25.1. The van der Waals surface area contributed by atoms with Gasteiger partial charge in [0.15, 0.2) is 65.8 Å². The number of alkyl halides is 13. The Kier molecular flexibility index (Phi) is 37.9. The van der Waals surface area contributed by atoms with Crippen LogP contribution >= 0.6 is 22.6 Å². The first-order chi connectivity index (χ1) is 39.2. The summed E-state index contributed by atoms with van der Waals surface area (Å²) in [4.78, 5) is 35.2. The molecule has 0 fully saturated rings. The average molecular weight is 1400 g/mol. The van der Waals surface area contributed by atoms with Crippen molar-refractivity contribution < 1.29 is 105 Å². The van der Waals surface area contributed by atoms with E-state index in [4.69, 9.17) is 38.3 Å². The van der Waals surface area contributed by atoms with Crippen molar-refractivity contribution >= 4 is 57.2 Å². The number of phenolic OH excluding ortho intramolecular Hbond substituents is 1. The number of hydrogen-bond acceptors (Lipinski definition) is 13. The van der Waals surface area contributed by atoms with Crippen molar-refractivity contribution in [2.75, 3.05) is 59.8 Å². The molecule has 0 aliphatic heterocycles. The third kappa shape index (κ3) is 28.3. The second-order valence-corrected chi connectivity index (χ2v) is 17.3. The van der Waals surface area contributed by atoms with E-state index in [1.807, 2.05) is 24.4 Å². The fraction of sp³-hybridized carbons (Fsp3) is 0.344. The molecule has 4 aromatic heterocycles. The van der Waals surface area contributed by atoms with Crippen LogP contribution in [0.2, 0.25) is 0 Å². The van der Waals surface area contributed by atoms with Crippen molar-refractivity contribution in [3.8, 4) is 46.0 Å². The van der Waals surface area contributed by atoms with Gasteiger partial charge in [0.25, 0.3) is 0 Å². The minimum atomic E-state index is -4.44. The van der Waals surface area contributed by atoms with Crippen molar-refractivity contribution in [2.24, 2.45) is 0 Å². The van der Waals surface area contributed by atoms with Gasteiger partial charge in [-0.2, -0.15) is 52.7 Å². The number of aromatic nitrogens is 4. The van der Waals surface area contributed by atoms with Crippen molar-refractivity contribution in [2.45, 2.75) is 81.8 Å². The highest BCUT2D eigenvalue weighted by Crippen LogP contribution is 2.38.